The zero-order valence-corrected chi connectivity index (χ0v) is 13.5. The molecule has 0 amide bonds. The van der Waals surface area contributed by atoms with Crippen LogP contribution in [0.3, 0.4) is 0 Å². The summed E-state index contributed by atoms with van der Waals surface area (Å²) in [6.45, 7) is 6.84. The highest BCUT2D eigenvalue weighted by Crippen LogP contribution is 2.37. The van der Waals surface area contributed by atoms with E-state index in [1.807, 2.05) is 0 Å². The molecule has 0 bridgehead atoms. The van der Waals surface area contributed by atoms with Gasteiger partial charge >= 0.3 is 0 Å². The molecule has 1 fully saturated rings. The number of hydrogen-bond acceptors (Lipinski definition) is 0. The van der Waals surface area contributed by atoms with Crippen molar-refractivity contribution >= 4 is 0 Å². The first-order valence-electron chi connectivity index (χ1n) is 8.36. The number of hydrogen-bond donors (Lipinski definition) is 0. The van der Waals surface area contributed by atoms with Crippen LogP contribution in [0.5, 0.6) is 0 Å². The summed E-state index contributed by atoms with van der Waals surface area (Å²) in [7, 11) is 0. The van der Waals surface area contributed by atoms with Crippen LogP contribution in [0, 0.1) is 6.92 Å². The number of rotatable bonds is 3. The van der Waals surface area contributed by atoms with Crippen molar-refractivity contribution in [1.82, 2.24) is 0 Å². The van der Waals surface area contributed by atoms with E-state index in [-0.39, 0.29) is 0 Å². The second kappa shape index (κ2) is 6.05. The molecule has 0 heterocycles. The minimum absolute atomic E-state index is 0.566. The SMILES string of the molecule is Cc1cc(-c2ccccc2C(C)C)ccc1C1CCCC1. The van der Waals surface area contributed by atoms with Gasteiger partial charge in [0.2, 0.25) is 0 Å². The Morgan fingerprint density at radius 2 is 1.67 bits per heavy atom. The molecule has 0 aromatic heterocycles. The van der Waals surface area contributed by atoms with Crippen molar-refractivity contribution in [2.24, 2.45) is 0 Å². The third-order valence-corrected chi connectivity index (χ3v) is 4.96. The van der Waals surface area contributed by atoms with Gasteiger partial charge in [-0.1, -0.05) is 69.2 Å². The maximum atomic E-state index is 2.40. The van der Waals surface area contributed by atoms with E-state index in [2.05, 4.69) is 63.2 Å². The highest BCUT2D eigenvalue weighted by atomic mass is 14.2. The van der Waals surface area contributed by atoms with Crippen LogP contribution < -0.4 is 0 Å². The first-order chi connectivity index (χ1) is 10.2. The minimum atomic E-state index is 0.566. The molecular formula is C21H26. The molecule has 0 atom stereocenters. The van der Waals surface area contributed by atoms with Crippen molar-refractivity contribution in [3.63, 3.8) is 0 Å². The molecule has 2 aromatic rings. The van der Waals surface area contributed by atoms with E-state index in [1.165, 1.54) is 47.9 Å². The van der Waals surface area contributed by atoms with E-state index in [9.17, 15) is 0 Å². The van der Waals surface area contributed by atoms with Crippen LogP contribution in [0.2, 0.25) is 0 Å². The lowest BCUT2D eigenvalue weighted by molar-refractivity contribution is 0.718. The minimum Gasteiger partial charge on any atom is -0.0619 e. The first-order valence-corrected chi connectivity index (χ1v) is 8.36. The van der Waals surface area contributed by atoms with E-state index in [4.69, 9.17) is 0 Å². The second-order valence-corrected chi connectivity index (χ2v) is 6.79. The van der Waals surface area contributed by atoms with Gasteiger partial charge in [0, 0.05) is 0 Å². The third kappa shape index (κ3) is 2.90. The average Bonchev–Trinajstić information content (AvgIpc) is 3.01. The quantitative estimate of drug-likeness (QED) is 0.605. The number of aryl methyl sites for hydroxylation is 1. The predicted octanol–water partition coefficient (Wildman–Crippen LogP) is 6.44. The van der Waals surface area contributed by atoms with Gasteiger partial charge in [-0.3, -0.25) is 0 Å². The third-order valence-electron chi connectivity index (χ3n) is 4.96. The monoisotopic (exact) mass is 278 g/mol. The Balaban J connectivity index is 1.99. The smallest absolute Gasteiger partial charge is 0.0149 e. The van der Waals surface area contributed by atoms with Crippen molar-refractivity contribution in [1.29, 1.82) is 0 Å². The molecule has 1 saturated carbocycles. The Kier molecular flexibility index (Phi) is 4.14. The van der Waals surface area contributed by atoms with E-state index < -0.39 is 0 Å². The van der Waals surface area contributed by atoms with Crippen LogP contribution in [-0.4, -0.2) is 0 Å². The fraction of sp³-hybridized carbons (Fsp3) is 0.429. The highest BCUT2D eigenvalue weighted by Gasteiger charge is 2.19. The van der Waals surface area contributed by atoms with Crippen LogP contribution in [0.4, 0.5) is 0 Å². The summed E-state index contributed by atoms with van der Waals surface area (Å²) >= 11 is 0. The average molecular weight is 278 g/mol. The lowest BCUT2D eigenvalue weighted by Gasteiger charge is -2.17. The van der Waals surface area contributed by atoms with Gasteiger partial charge in [0.05, 0.1) is 0 Å². The topological polar surface area (TPSA) is 0 Å². The standard InChI is InChI=1S/C21H26/c1-15(2)19-10-6-7-11-21(19)18-12-13-20(16(3)14-18)17-8-4-5-9-17/h6-7,10-15,17H,4-5,8-9H2,1-3H3. The van der Waals surface area contributed by atoms with E-state index in [0.717, 1.165) is 5.92 Å². The summed E-state index contributed by atoms with van der Waals surface area (Å²) in [5.74, 6) is 1.37. The number of benzene rings is 2. The Morgan fingerprint density at radius 1 is 0.952 bits per heavy atom. The Labute approximate surface area is 129 Å². The van der Waals surface area contributed by atoms with Gasteiger partial charge in [0.15, 0.2) is 0 Å². The molecule has 1 aliphatic rings. The molecule has 0 aliphatic heterocycles. The van der Waals surface area contributed by atoms with Crippen LogP contribution in [0.25, 0.3) is 11.1 Å². The molecule has 0 radical (unpaired) electrons. The molecule has 110 valence electrons. The molecule has 0 heteroatoms. The molecule has 0 spiro atoms. The maximum absolute atomic E-state index is 2.40. The zero-order chi connectivity index (χ0) is 14.8. The van der Waals surface area contributed by atoms with Gasteiger partial charge in [0.1, 0.15) is 0 Å². The lowest BCUT2D eigenvalue weighted by Crippen LogP contribution is -1.97. The largest absolute Gasteiger partial charge is 0.0619 e. The molecule has 0 saturated heterocycles. The summed E-state index contributed by atoms with van der Waals surface area (Å²) in [6.07, 6.45) is 5.57. The molecule has 0 N–H and O–H groups in total. The van der Waals surface area contributed by atoms with Gasteiger partial charge in [-0.25, -0.2) is 0 Å². The fourth-order valence-electron chi connectivity index (χ4n) is 3.80. The van der Waals surface area contributed by atoms with Gasteiger partial charge in [-0.15, -0.1) is 0 Å². The van der Waals surface area contributed by atoms with Gasteiger partial charge < -0.3 is 0 Å². The van der Waals surface area contributed by atoms with E-state index in [0.29, 0.717) is 5.92 Å². The summed E-state index contributed by atoms with van der Waals surface area (Å²) < 4.78 is 0. The van der Waals surface area contributed by atoms with Gasteiger partial charge in [-0.05, 0) is 59.4 Å². The van der Waals surface area contributed by atoms with Crippen molar-refractivity contribution in [3.8, 4) is 11.1 Å². The molecule has 3 rings (SSSR count). The predicted molar refractivity (Wildman–Crippen MR) is 91.9 cm³/mol. The first kappa shape index (κ1) is 14.4. The van der Waals surface area contributed by atoms with Gasteiger partial charge in [-0.2, -0.15) is 0 Å². The van der Waals surface area contributed by atoms with Crippen LogP contribution >= 0.6 is 0 Å². The maximum Gasteiger partial charge on any atom is -0.0149 e. The highest BCUT2D eigenvalue weighted by molar-refractivity contribution is 5.69. The molecule has 21 heavy (non-hydrogen) atoms. The zero-order valence-electron chi connectivity index (χ0n) is 13.5. The van der Waals surface area contributed by atoms with E-state index >= 15 is 0 Å². The summed E-state index contributed by atoms with van der Waals surface area (Å²) in [4.78, 5) is 0. The van der Waals surface area contributed by atoms with Crippen molar-refractivity contribution < 1.29 is 0 Å². The lowest BCUT2D eigenvalue weighted by atomic mass is 9.88. The molecule has 0 nitrogen and oxygen atoms in total. The van der Waals surface area contributed by atoms with Crippen LogP contribution in [-0.2, 0) is 0 Å². The Bertz CT molecular complexity index is 616. The van der Waals surface area contributed by atoms with Crippen molar-refractivity contribution in [2.45, 2.75) is 58.3 Å². The van der Waals surface area contributed by atoms with Crippen molar-refractivity contribution in [3.05, 3.63) is 59.2 Å². The fourth-order valence-corrected chi connectivity index (χ4v) is 3.80. The van der Waals surface area contributed by atoms with Gasteiger partial charge in [0.25, 0.3) is 0 Å². The summed E-state index contributed by atoms with van der Waals surface area (Å²) in [5.41, 5.74) is 7.27. The Hall–Kier alpha value is -1.56. The second-order valence-electron chi connectivity index (χ2n) is 6.79. The van der Waals surface area contributed by atoms with Crippen LogP contribution in [0.15, 0.2) is 42.5 Å². The summed E-state index contributed by atoms with van der Waals surface area (Å²) in [6, 6.07) is 16.0. The Morgan fingerprint density at radius 3 is 2.33 bits per heavy atom. The summed E-state index contributed by atoms with van der Waals surface area (Å²) in [5, 5.41) is 0. The molecule has 2 aromatic carbocycles. The molecular weight excluding hydrogens is 252 g/mol. The molecule has 0 unspecified atom stereocenters. The van der Waals surface area contributed by atoms with E-state index in [1.54, 1.807) is 5.56 Å². The molecule has 1 aliphatic carbocycles. The van der Waals surface area contributed by atoms with Crippen LogP contribution in [0.1, 0.15) is 68.1 Å². The van der Waals surface area contributed by atoms with Crippen molar-refractivity contribution in [2.75, 3.05) is 0 Å². The normalized spacial score (nSPS) is 15.8.